The van der Waals surface area contributed by atoms with Crippen molar-refractivity contribution in [1.82, 2.24) is 5.16 Å². The van der Waals surface area contributed by atoms with Crippen molar-refractivity contribution in [2.24, 2.45) is 0 Å². The largest absolute Gasteiger partial charge is 0.476 e. The number of aryl methyl sites for hydroxylation is 1. The van der Waals surface area contributed by atoms with Crippen molar-refractivity contribution in [3.05, 3.63) is 77.6 Å². The Kier molecular flexibility index (Phi) is 5.51. The lowest BCUT2D eigenvalue weighted by molar-refractivity contribution is -0.123. The Morgan fingerprint density at radius 1 is 1.07 bits per heavy atom. The van der Waals surface area contributed by atoms with E-state index < -0.39 is 18.0 Å². The molecule has 0 unspecified atom stereocenters. The lowest BCUT2D eigenvalue weighted by atomic mass is 10.1. The van der Waals surface area contributed by atoms with Gasteiger partial charge in [0.05, 0.1) is 12.7 Å². The zero-order valence-electron chi connectivity index (χ0n) is 14.8. The van der Waals surface area contributed by atoms with Crippen LogP contribution in [0, 0.1) is 6.92 Å². The molecule has 0 bridgehead atoms. The van der Waals surface area contributed by atoms with Crippen LogP contribution in [0.5, 0.6) is 5.75 Å². The first kappa shape index (κ1) is 18.2. The van der Waals surface area contributed by atoms with Crippen molar-refractivity contribution in [2.75, 3.05) is 12.4 Å². The number of methoxy groups -OCH3 is 1. The monoisotopic (exact) mass is 366 g/mol. The number of nitrogens with one attached hydrogen (secondary N) is 1. The van der Waals surface area contributed by atoms with Gasteiger partial charge in [-0.3, -0.25) is 4.79 Å². The average Bonchev–Trinajstić information content (AvgIpc) is 3.11. The molecular weight excluding hydrogens is 348 g/mol. The molecule has 1 atom stereocenters. The van der Waals surface area contributed by atoms with Crippen LogP contribution >= 0.6 is 0 Å². The molecule has 0 aliphatic heterocycles. The topological polar surface area (TPSA) is 90.7 Å². The fraction of sp³-hybridized carbons (Fsp3) is 0.150. The number of benzene rings is 2. The highest BCUT2D eigenvalue weighted by atomic mass is 16.5. The second-order valence-corrected chi connectivity index (χ2v) is 5.74. The maximum atomic E-state index is 12.8. The molecule has 1 amide bonds. The SMILES string of the molecule is COC(=O)c1ccc(O[C@H](C(=O)Nc2cc(C)on2)c2ccccc2)cc1. The number of hydrogen-bond acceptors (Lipinski definition) is 6. The van der Waals surface area contributed by atoms with E-state index >= 15 is 0 Å². The maximum absolute atomic E-state index is 12.8. The smallest absolute Gasteiger partial charge is 0.337 e. The number of nitrogens with zero attached hydrogens (tertiary/aromatic N) is 1. The van der Waals surface area contributed by atoms with Gasteiger partial charge in [-0.25, -0.2) is 4.79 Å². The zero-order valence-corrected chi connectivity index (χ0v) is 14.8. The van der Waals surface area contributed by atoms with Gasteiger partial charge in [0, 0.05) is 11.6 Å². The summed E-state index contributed by atoms with van der Waals surface area (Å²) >= 11 is 0. The van der Waals surface area contributed by atoms with Gasteiger partial charge in [-0.2, -0.15) is 0 Å². The molecule has 0 aliphatic rings. The number of hydrogen-bond donors (Lipinski definition) is 1. The lowest BCUT2D eigenvalue weighted by Crippen LogP contribution is -2.25. The Balaban J connectivity index is 1.82. The fourth-order valence-electron chi connectivity index (χ4n) is 2.44. The van der Waals surface area contributed by atoms with Gasteiger partial charge < -0.3 is 19.3 Å². The fourth-order valence-corrected chi connectivity index (χ4v) is 2.44. The van der Waals surface area contributed by atoms with E-state index in [2.05, 4.69) is 15.2 Å². The van der Waals surface area contributed by atoms with Gasteiger partial charge >= 0.3 is 5.97 Å². The van der Waals surface area contributed by atoms with Gasteiger partial charge in [0.25, 0.3) is 5.91 Å². The molecule has 1 heterocycles. The Labute approximate surface area is 155 Å². The zero-order chi connectivity index (χ0) is 19.2. The number of anilines is 1. The molecule has 0 radical (unpaired) electrons. The van der Waals surface area contributed by atoms with Crippen LogP contribution in [0.3, 0.4) is 0 Å². The molecule has 2 aromatic carbocycles. The summed E-state index contributed by atoms with van der Waals surface area (Å²) in [7, 11) is 1.31. The van der Waals surface area contributed by atoms with E-state index in [-0.39, 0.29) is 0 Å². The Morgan fingerprint density at radius 3 is 2.37 bits per heavy atom. The molecular formula is C20H18N2O5. The van der Waals surface area contributed by atoms with Crippen LogP contribution < -0.4 is 10.1 Å². The first-order valence-electron chi connectivity index (χ1n) is 8.21. The summed E-state index contributed by atoms with van der Waals surface area (Å²) in [5.74, 6) is 0.485. The first-order chi connectivity index (χ1) is 13.1. The molecule has 0 aliphatic carbocycles. The average molecular weight is 366 g/mol. The van der Waals surface area contributed by atoms with Crippen LogP contribution in [0.15, 0.2) is 65.2 Å². The van der Waals surface area contributed by atoms with Crippen LogP contribution in [0.25, 0.3) is 0 Å². The van der Waals surface area contributed by atoms with Crippen molar-refractivity contribution < 1.29 is 23.6 Å². The number of esters is 1. The van der Waals surface area contributed by atoms with Crippen LogP contribution in [0.4, 0.5) is 5.82 Å². The molecule has 3 rings (SSSR count). The number of carbonyl (C=O) groups excluding carboxylic acids is 2. The minimum atomic E-state index is -0.910. The van der Waals surface area contributed by atoms with Gasteiger partial charge in [-0.15, -0.1) is 0 Å². The van der Waals surface area contributed by atoms with Crippen molar-refractivity contribution in [3.63, 3.8) is 0 Å². The number of aromatic nitrogens is 1. The second kappa shape index (κ2) is 8.18. The van der Waals surface area contributed by atoms with Gasteiger partial charge in [0.15, 0.2) is 5.82 Å². The van der Waals surface area contributed by atoms with Gasteiger partial charge in [-0.05, 0) is 31.2 Å². The van der Waals surface area contributed by atoms with Crippen molar-refractivity contribution in [3.8, 4) is 5.75 Å². The number of ether oxygens (including phenoxy) is 2. The van der Waals surface area contributed by atoms with Crippen molar-refractivity contribution in [1.29, 1.82) is 0 Å². The van der Waals surface area contributed by atoms with Crippen LogP contribution in [0.1, 0.15) is 27.8 Å². The van der Waals surface area contributed by atoms with Gasteiger partial charge in [0.1, 0.15) is 11.5 Å². The molecule has 27 heavy (non-hydrogen) atoms. The first-order valence-corrected chi connectivity index (χ1v) is 8.21. The standard InChI is InChI=1S/C20H18N2O5/c1-13-12-17(22-27-13)21-19(23)18(14-6-4-3-5-7-14)26-16-10-8-15(9-11-16)20(24)25-2/h3-12,18H,1-2H3,(H,21,22,23)/t18-/m0/s1. The molecule has 7 nitrogen and oxygen atoms in total. The van der Waals surface area contributed by atoms with Gasteiger partial charge in [0.2, 0.25) is 6.10 Å². The third-order valence-corrected chi connectivity index (χ3v) is 3.75. The van der Waals surface area contributed by atoms with Crippen molar-refractivity contribution in [2.45, 2.75) is 13.0 Å². The van der Waals surface area contributed by atoms with Gasteiger partial charge in [-0.1, -0.05) is 35.5 Å². The molecule has 0 saturated heterocycles. The van der Waals surface area contributed by atoms with E-state index in [9.17, 15) is 9.59 Å². The normalized spacial score (nSPS) is 11.5. The quantitative estimate of drug-likeness (QED) is 0.671. The minimum Gasteiger partial charge on any atom is -0.476 e. The van der Waals surface area contributed by atoms with Crippen LogP contribution in [0.2, 0.25) is 0 Å². The second-order valence-electron chi connectivity index (χ2n) is 5.74. The predicted molar refractivity (Wildman–Crippen MR) is 97.5 cm³/mol. The summed E-state index contributed by atoms with van der Waals surface area (Å²) in [6.45, 7) is 1.73. The summed E-state index contributed by atoms with van der Waals surface area (Å²) in [4.78, 5) is 24.3. The molecule has 1 aromatic heterocycles. The van der Waals surface area contributed by atoms with Crippen LogP contribution in [-0.4, -0.2) is 24.1 Å². The lowest BCUT2D eigenvalue weighted by Gasteiger charge is -2.18. The Bertz CT molecular complexity index is 919. The summed E-state index contributed by atoms with van der Waals surface area (Å²) < 4.78 is 15.5. The number of amides is 1. The minimum absolute atomic E-state index is 0.308. The van der Waals surface area contributed by atoms with E-state index in [0.29, 0.717) is 28.5 Å². The number of carbonyl (C=O) groups is 2. The van der Waals surface area contributed by atoms with E-state index in [1.165, 1.54) is 7.11 Å². The highest BCUT2D eigenvalue weighted by molar-refractivity contribution is 5.94. The third-order valence-electron chi connectivity index (χ3n) is 3.75. The molecule has 3 aromatic rings. The predicted octanol–water partition coefficient (Wildman–Crippen LogP) is 3.53. The molecule has 0 saturated carbocycles. The maximum Gasteiger partial charge on any atom is 0.337 e. The molecule has 0 spiro atoms. The molecule has 0 fully saturated rings. The van der Waals surface area contributed by atoms with E-state index in [1.807, 2.05) is 18.2 Å². The Morgan fingerprint density at radius 2 is 1.78 bits per heavy atom. The van der Waals surface area contributed by atoms with E-state index in [1.54, 1.807) is 49.4 Å². The summed E-state index contributed by atoms with van der Waals surface area (Å²) in [5, 5.41) is 6.44. The summed E-state index contributed by atoms with van der Waals surface area (Å²) in [5.41, 5.74) is 1.07. The highest BCUT2D eigenvalue weighted by Crippen LogP contribution is 2.24. The Hall–Kier alpha value is -3.61. The van der Waals surface area contributed by atoms with E-state index in [0.717, 1.165) is 0 Å². The number of rotatable bonds is 6. The molecule has 7 heteroatoms. The summed E-state index contributed by atoms with van der Waals surface area (Å²) in [6, 6.07) is 17.0. The molecule has 138 valence electrons. The highest BCUT2D eigenvalue weighted by Gasteiger charge is 2.24. The molecule has 1 N–H and O–H groups in total. The van der Waals surface area contributed by atoms with Crippen molar-refractivity contribution >= 4 is 17.7 Å². The van der Waals surface area contributed by atoms with Crippen LogP contribution in [-0.2, 0) is 9.53 Å². The third kappa shape index (κ3) is 4.52. The summed E-state index contributed by atoms with van der Waals surface area (Å²) in [6.07, 6.45) is -0.910. The van der Waals surface area contributed by atoms with E-state index in [4.69, 9.17) is 9.26 Å².